The molecule has 0 aliphatic carbocycles. The zero-order chi connectivity index (χ0) is 17.3. The number of rotatable bonds is 4. The van der Waals surface area contributed by atoms with E-state index < -0.39 is 24.4 Å². The SMILES string of the molecule is COc1ccc(OCC(=O)N2NC(C)=CC2(O)C(F)(F)F)cc1. The highest BCUT2D eigenvalue weighted by atomic mass is 19.4. The molecular formula is C14H15F3N2O4. The Kier molecular flexibility index (Phi) is 4.42. The van der Waals surface area contributed by atoms with Crippen LogP contribution in [0.5, 0.6) is 11.5 Å². The van der Waals surface area contributed by atoms with Crippen LogP contribution in [0.15, 0.2) is 36.0 Å². The van der Waals surface area contributed by atoms with Crippen LogP contribution in [0, 0.1) is 0 Å². The van der Waals surface area contributed by atoms with Crippen molar-refractivity contribution < 1.29 is 32.5 Å². The Morgan fingerprint density at radius 1 is 1.30 bits per heavy atom. The maximum Gasteiger partial charge on any atom is 0.442 e. The molecule has 0 aromatic heterocycles. The van der Waals surface area contributed by atoms with Gasteiger partial charge >= 0.3 is 6.18 Å². The van der Waals surface area contributed by atoms with Crippen molar-refractivity contribution in [2.45, 2.75) is 18.8 Å². The van der Waals surface area contributed by atoms with Crippen molar-refractivity contribution in [3.63, 3.8) is 0 Å². The highest BCUT2D eigenvalue weighted by molar-refractivity contribution is 5.79. The van der Waals surface area contributed by atoms with Crippen LogP contribution in [0.4, 0.5) is 13.2 Å². The molecule has 0 spiro atoms. The van der Waals surface area contributed by atoms with E-state index in [0.717, 1.165) is 0 Å². The lowest BCUT2D eigenvalue weighted by Crippen LogP contribution is -2.61. The van der Waals surface area contributed by atoms with Crippen molar-refractivity contribution in [1.29, 1.82) is 0 Å². The van der Waals surface area contributed by atoms with E-state index in [4.69, 9.17) is 9.47 Å². The zero-order valence-electron chi connectivity index (χ0n) is 12.3. The van der Waals surface area contributed by atoms with Gasteiger partial charge in [0.15, 0.2) is 6.61 Å². The minimum Gasteiger partial charge on any atom is -0.497 e. The van der Waals surface area contributed by atoms with Gasteiger partial charge in [-0.1, -0.05) is 0 Å². The number of methoxy groups -OCH3 is 1. The van der Waals surface area contributed by atoms with E-state index in [1.165, 1.54) is 26.2 Å². The topological polar surface area (TPSA) is 71.0 Å². The maximum absolute atomic E-state index is 13.0. The molecule has 0 saturated heterocycles. The van der Waals surface area contributed by atoms with Crippen LogP contribution in [0.3, 0.4) is 0 Å². The molecule has 1 aliphatic rings. The Balaban J connectivity index is 2.05. The summed E-state index contributed by atoms with van der Waals surface area (Å²) < 4.78 is 49.1. The fraction of sp³-hybridized carbons (Fsp3) is 0.357. The average molecular weight is 332 g/mol. The van der Waals surface area contributed by atoms with Gasteiger partial charge < -0.3 is 14.6 Å². The van der Waals surface area contributed by atoms with Crippen LogP contribution in [-0.2, 0) is 4.79 Å². The number of carbonyl (C=O) groups is 1. The Morgan fingerprint density at radius 2 is 1.87 bits per heavy atom. The van der Waals surface area contributed by atoms with Crippen molar-refractivity contribution >= 4 is 5.91 Å². The number of nitrogens with one attached hydrogen (secondary N) is 1. The Labute approximate surface area is 130 Å². The molecular weight excluding hydrogens is 317 g/mol. The molecule has 0 bridgehead atoms. The van der Waals surface area contributed by atoms with E-state index in [2.05, 4.69) is 5.43 Å². The molecule has 1 aromatic rings. The minimum atomic E-state index is -5.05. The van der Waals surface area contributed by atoms with E-state index in [0.29, 0.717) is 11.8 Å². The van der Waals surface area contributed by atoms with Crippen molar-refractivity contribution in [3.05, 3.63) is 36.0 Å². The number of allylic oxidation sites excluding steroid dienone is 1. The Morgan fingerprint density at radius 3 is 2.39 bits per heavy atom. The summed E-state index contributed by atoms with van der Waals surface area (Å²) in [6, 6.07) is 6.16. The molecule has 1 aromatic carbocycles. The number of carbonyl (C=O) groups excluding carboxylic acids is 1. The number of amides is 1. The lowest BCUT2D eigenvalue weighted by atomic mass is 10.2. The predicted molar refractivity (Wildman–Crippen MR) is 73.2 cm³/mol. The van der Waals surface area contributed by atoms with Crippen LogP contribution >= 0.6 is 0 Å². The van der Waals surface area contributed by atoms with E-state index >= 15 is 0 Å². The molecule has 9 heteroatoms. The number of hydrogen-bond acceptors (Lipinski definition) is 5. The third kappa shape index (κ3) is 3.34. The molecule has 0 saturated carbocycles. The van der Waals surface area contributed by atoms with Gasteiger partial charge in [0.1, 0.15) is 11.5 Å². The molecule has 2 N–H and O–H groups in total. The molecule has 0 radical (unpaired) electrons. The molecule has 126 valence electrons. The largest absolute Gasteiger partial charge is 0.497 e. The molecule has 0 fully saturated rings. The first-order chi connectivity index (χ1) is 10.7. The monoisotopic (exact) mass is 332 g/mol. The molecule has 1 heterocycles. The third-order valence-electron chi connectivity index (χ3n) is 3.14. The first kappa shape index (κ1) is 16.9. The highest BCUT2D eigenvalue weighted by Crippen LogP contribution is 2.37. The number of halogens is 3. The summed E-state index contributed by atoms with van der Waals surface area (Å²) in [5.74, 6) is -0.233. The molecule has 6 nitrogen and oxygen atoms in total. The van der Waals surface area contributed by atoms with Crippen molar-refractivity contribution in [2.75, 3.05) is 13.7 Å². The quantitative estimate of drug-likeness (QED) is 0.876. The Hall–Kier alpha value is -2.42. The summed E-state index contributed by atoms with van der Waals surface area (Å²) in [7, 11) is 1.48. The number of benzene rings is 1. The molecule has 1 amide bonds. The molecule has 1 atom stereocenters. The smallest absolute Gasteiger partial charge is 0.442 e. The average Bonchev–Trinajstić information content (AvgIpc) is 2.81. The van der Waals surface area contributed by atoms with Gasteiger partial charge in [-0.2, -0.15) is 13.2 Å². The van der Waals surface area contributed by atoms with Crippen molar-refractivity contribution in [1.82, 2.24) is 10.4 Å². The van der Waals surface area contributed by atoms with Gasteiger partial charge in [0.25, 0.3) is 11.6 Å². The predicted octanol–water partition coefficient (Wildman–Crippen LogP) is 1.58. The van der Waals surface area contributed by atoms with Crippen LogP contribution in [0.25, 0.3) is 0 Å². The summed E-state index contributed by atoms with van der Waals surface area (Å²) in [5, 5.41) is 9.87. The van der Waals surface area contributed by atoms with Crippen LogP contribution in [0.2, 0.25) is 0 Å². The zero-order valence-corrected chi connectivity index (χ0v) is 12.3. The molecule has 1 unspecified atom stereocenters. The van der Waals surface area contributed by atoms with E-state index in [1.807, 2.05) is 0 Å². The van der Waals surface area contributed by atoms with Crippen molar-refractivity contribution in [2.24, 2.45) is 0 Å². The van der Waals surface area contributed by atoms with Gasteiger partial charge in [-0.05, 0) is 37.3 Å². The molecule has 23 heavy (non-hydrogen) atoms. The summed E-state index contributed by atoms with van der Waals surface area (Å²) in [6.45, 7) is 0.618. The van der Waals surface area contributed by atoms with Gasteiger partial charge in [-0.3, -0.25) is 10.2 Å². The lowest BCUT2D eigenvalue weighted by Gasteiger charge is -2.33. The van der Waals surface area contributed by atoms with Gasteiger partial charge in [-0.25, -0.2) is 5.01 Å². The standard InChI is InChI=1S/C14H15F3N2O4/c1-9-7-13(21,14(15,16)17)19(18-9)12(20)8-23-11-5-3-10(22-2)4-6-11/h3-7,18,21H,8H2,1-2H3. The highest BCUT2D eigenvalue weighted by Gasteiger charge is 2.61. The number of hydrogen-bond donors (Lipinski definition) is 2. The van der Waals surface area contributed by atoms with E-state index in [1.54, 1.807) is 12.1 Å². The summed E-state index contributed by atoms with van der Waals surface area (Å²) in [4.78, 5) is 12.0. The van der Waals surface area contributed by atoms with Gasteiger partial charge in [0.2, 0.25) is 0 Å². The summed E-state index contributed by atoms with van der Waals surface area (Å²) in [5.41, 5.74) is -1.22. The number of aliphatic hydroxyl groups is 1. The van der Waals surface area contributed by atoms with Crippen molar-refractivity contribution in [3.8, 4) is 11.5 Å². The molecule has 1 aliphatic heterocycles. The number of nitrogens with zero attached hydrogens (tertiary/aromatic N) is 1. The number of alkyl halides is 3. The first-order valence-corrected chi connectivity index (χ1v) is 6.52. The van der Waals surface area contributed by atoms with E-state index in [9.17, 15) is 23.1 Å². The first-order valence-electron chi connectivity index (χ1n) is 6.52. The normalized spacial score (nSPS) is 20.8. The maximum atomic E-state index is 13.0. The summed E-state index contributed by atoms with van der Waals surface area (Å²) in [6.07, 6.45) is -4.52. The second kappa shape index (κ2) is 5.99. The molecule has 2 rings (SSSR count). The van der Waals surface area contributed by atoms with Crippen LogP contribution < -0.4 is 14.9 Å². The van der Waals surface area contributed by atoms with Gasteiger partial charge in [-0.15, -0.1) is 0 Å². The number of ether oxygens (including phenoxy) is 2. The third-order valence-corrected chi connectivity index (χ3v) is 3.14. The van der Waals surface area contributed by atoms with E-state index in [-0.39, 0.29) is 16.5 Å². The van der Waals surface area contributed by atoms with Crippen LogP contribution in [-0.4, -0.2) is 41.6 Å². The Bertz CT molecular complexity index is 615. The summed E-state index contributed by atoms with van der Waals surface area (Å²) >= 11 is 0. The van der Waals surface area contributed by atoms with Gasteiger partial charge in [0.05, 0.1) is 7.11 Å². The lowest BCUT2D eigenvalue weighted by molar-refractivity contribution is -0.289. The van der Waals surface area contributed by atoms with Crippen LogP contribution in [0.1, 0.15) is 6.92 Å². The minimum absolute atomic E-state index is 0.00243. The fourth-order valence-corrected chi connectivity index (χ4v) is 2.00. The number of hydrazine groups is 1. The second-order valence-corrected chi connectivity index (χ2v) is 4.86. The van der Waals surface area contributed by atoms with Gasteiger partial charge in [0, 0.05) is 5.70 Å². The fourth-order valence-electron chi connectivity index (χ4n) is 2.00. The second-order valence-electron chi connectivity index (χ2n) is 4.86.